The van der Waals surface area contributed by atoms with E-state index in [0.29, 0.717) is 35.2 Å². The lowest BCUT2D eigenvalue weighted by Crippen LogP contribution is -2.50. The van der Waals surface area contributed by atoms with Crippen molar-refractivity contribution in [3.05, 3.63) is 56.9 Å². The van der Waals surface area contributed by atoms with Crippen LogP contribution in [0.2, 0.25) is 0 Å². The van der Waals surface area contributed by atoms with E-state index in [-0.39, 0.29) is 17.3 Å². The van der Waals surface area contributed by atoms with Crippen molar-refractivity contribution < 1.29 is 31.9 Å². The van der Waals surface area contributed by atoms with E-state index in [1.807, 2.05) is 27.5 Å². The summed E-state index contributed by atoms with van der Waals surface area (Å²) in [6.45, 7) is 6.12. The molecule has 1 aliphatic rings. The number of nitrogens with one attached hydrogen (secondary N) is 1. The van der Waals surface area contributed by atoms with Gasteiger partial charge >= 0.3 is 12.3 Å². The van der Waals surface area contributed by atoms with Crippen LogP contribution in [-0.4, -0.2) is 48.7 Å². The van der Waals surface area contributed by atoms with Gasteiger partial charge in [-0.15, -0.1) is 0 Å². The molecule has 2 aromatic rings. The van der Waals surface area contributed by atoms with Gasteiger partial charge in [-0.05, 0) is 92.6 Å². The van der Waals surface area contributed by atoms with E-state index in [1.165, 1.54) is 23.1 Å². The number of ether oxygens (including phenoxy) is 1. The third-order valence-electron chi connectivity index (χ3n) is 5.71. The Hall–Kier alpha value is -2.57. The van der Waals surface area contributed by atoms with Crippen molar-refractivity contribution in [3.8, 4) is 0 Å². The highest BCUT2D eigenvalue weighted by Gasteiger charge is 2.34. The smallest absolute Gasteiger partial charge is 0.416 e. The molecule has 196 valence electrons. The molecule has 3 rings (SSSR count). The molecule has 11 heteroatoms. The zero-order valence-electron chi connectivity index (χ0n) is 20.4. The van der Waals surface area contributed by atoms with E-state index >= 15 is 0 Å². The molecule has 2 amide bonds. The second kappa shape index (κ2) is 10.8. The average Bonchev–Trinajstić information content (AvgIpc) is 2.78. The number of nitrogens with zero attached hydrogens (tertiary/aromatic N) is 2. The minimum atomic E-state index is -4.63. The highest BCUT2D eigenvalue weighted by atomic mass is 127. The SMILES string of the molecule is CN(C(=O)OC(C)(C)C)[C@H]1CCCN(c2ccc(C(F)(F)F)cc2NC(=O)c2cc(I)ccc2F)C1. The predicted octanol–water partition coefficient (Wildman–Crippen LogP) is 6.54. The van der Waals surface area contributed by atoms with Crippen molar-refractivity contribution >= 4 is 46.0 Å². The summed E-state index contributed by atoms with van der Waals surface area (Å²) in [6, 6.07) is 6.76. The van der Waals surface area contributed by atoms with E-state index in [0.717, 1.165) is 18.2 Å². The van der Waals surface area contributed by atoms with Gasteiger partial charge in [-0.25, -0.2) is 9.18 Å². The number of alkyl halides is 3. The number of hydrogen-bond acceptors (Lipinski definition) is 4. The van der Waals surface area contributed by atoms with Crippen LogP contribution in [0.3, 0.4) is 0 Å². The first-order valence-electron chi connectivity index (χ1n) is 11.3. The van der Waals surface area contributed by atoms with Crippen LogP contribution < -0.4 is 10.2 Å². The minimum Gasteiger partial charge on any atom is -0.444 e. The van der Waals surface area contributed by atoms with Gasteiger partial charge < -0.3 is 19.9 Å². The lowest BCUT2D eigenvalue weighted by atomic mass is 10.0. The van der Waals surface area contributed by atoms with Gasteiger partial charge in [0.05, 0.1) is 28.5 Å². The maximum absolute atomic E-state index is 14.3. The normalized spacial score (nSPS) is 16.5. The quantitative estimate of drug-likeness (QED) is 0.312. The molecule has 1 fully saturated rings. The second-order valence-electron chi connectivity index (χ2n) is 9.64. The van der Waals surface area contributed by atoms with E-state index in [9.17, 15) is 27.2 Å². The number of rotatable bonds is 4. The molecule has 2 aromatic carbocycles. The van der Waals surface area contributed by atoms with Crippen LogP contribution in [0.5, 0.6) is 0 Å². The molecule has 0 spiro atoms. The molecule has 1 heterocycles. The Morgan fingerprint density at radius 3 is 2.47 bits per heavy atom. The number of amides is 2. The van der Waals surface area contributed by atoms with Crippen LogP contribution in [0, 0.1) is 9.39 Å². The van der Waals surface area contributed by atoms with Crippen LogP contribution in [0.25, 0.3) is 0 Å². The minimum absolute atomic E-state index is 0.0892. The number of piperidine rings is 1. The Bertz CT molecular complexity index is 1130. The van der Waals surface area contributed by atoms with E-state index in [4.69, 9.17) is 4.74 Å². The van der Waals surface area contributed by atoms with Gasteiger partial charge in [-0.3, -0.25) is 4.79 Å². The van der Waals surface area contributed by atoms with Crippen LogP contribution in [0.4, 0.5) is 33.7 Å². The molecule has 1 saturated heterocycles. The van der Waals surface area contributed by atoms with Crippen molar-refractivity contribution in [1.82, 2.24) is 4.90 Å². The first-order chi connectivity index (χ1) is 16.7. The lowest BCUT2D eigenvalue weighted by molar-refractivity contribution is -0.137. The standard InChI is InChI=1S/C25H28F4IN3O3/c1-24(2,3)36-23(35)32(4)17-6-5-11-33(14-17)21-10-7-15(25(27,28)29)12-20(21)31-22(34)18-13-16(30)8-9-19(18)26/h7-10,12-13,17H,5-6,11,14H2,1-4H3,(H,31,34)/t17-/m0/s1. The van der Waals surface area contributed by atoms with Gasteiger partial charge in [0.15, 0.2) is 0 Å². The summed E-state index contributed by atoms with van der Waals surface area (Å²) in [6.07, 6.45) is -3.78. The summed E-state index contributed by atoms with van der Waals surface area (Å²) in [5.41, 5.74) is -1.62. The Morgan fingerprint density at radius 2 is 1.83 bits per heavy atom. The highest BCUT2D eigenvalue weighted by molar-refractivity contribution is 14.1. The van der Waals surface area contributed by atoms with E-state index in [2.05, 4.69) is 5.32 Å². The zero-order valence-corrected chi connectivity index (χ0v) is 22.5. The number of carbonyl (C=O) groups is 2. The van der Waals surface area contributed by atoms with Gasteiger partial charge in [-0.1, -0.05) is 0 Å². The van der Waals surface area contributed by atoms with Crippen molar-refractivity contribution in [2.75, 3.05) is 30.4 Å². The fraction of sp³-hybridized carbons (Fsp3) is 0.440. The van der Waals surface area contributed by atoms with Gasteiger partial charge in [-0.2, -0.15) is 13.2 Å². The van der Waals surface area contributed by atoms with Crippen molar-refractivity contribution in [3.63, 3.8) is 0 Å². The second-order valence-corrected chi connectivity index (χ2v) is 10.9. The van der Waals surface area contributed by atoms with Crippen molar-refractivity contribution in [1.29, 1.82) is 0 Å². The van der Waals surface area contributed by atoms with E-state index in [1.54, 1.807) is 27.8 Å². The molecule has 1 atom stereocenters. The highest BCUT2D eigenvalue weighted by Crippen LogP contribution is 2.37. The van der Waals surface area contributed by atoms with Gasteiger partial charge in [0, 0.05) is 23.7 Å². The molecule has 0 aliphatic carbocycles. The molecular weight excluding hydrogens is 593 g/mol. The number of halogens is 5. The molecule has 1 N–H and O–H groups in total. The third-order valence-corrected chi connectivity index (χ3v) is 6.38. The predicted molar refractivity (Wildman–Crippen MR) is 138 cm³/mol. The molecule has 1 aliphatic heterocycles. The number of benzene rings is 2. The molecule has 0 unspecified atom stereocenters. The Labute approximate surface area is 221 Å². The summed E-state index contributed by atoms with van der Waals surface area (Å²) < 4.78 is 60.7. The number of carbonyl (C=O) groups excluding carboxylic acids is 2. The van der Waals surface area contributed by atoms with Gasteiger partial charge in [0.2, 0.25) is 0 Å². The Balaban J connectivity index is 1.91. The number of anilines is 2. The summed E-state index contributed by atoms with van der Waals surface area (Å²) >= 11 is 1.92. The summed E-state index contributed by atoms with van der Waals surface area (Å²) in [7, 11) is 1.62. The molecule has 36 heavy (non-hydrogen) atoms. The molecule has 0 bridgehead atoms. The monoisotopic (exact) mass is 621 g/mol. The molecular formula is C25H28F4IN3O3. The maximum atomic E-state index is 14.3. The maximum Gasteiger partial charge on any atom is 0.416 e. The molecule has 0 radical (unpaired) electrons. The van der Waals surface area contributed by atoms with Crippen molar-refractivity contribution in [2.24, 2.45) is 0 Å². The fourth-order valence-electron chi connectivity index (χ4n) is 3.92. The van der Waals surface area contributed by atoms with E-state index < -0.39 is 35.2 Å². The number of hydrogen-bond donors (Lipinski definition) is 1. The van der Waals surface area contributed by atoms with Gasteiger partial charge in [0.25, 0.3) is 5.91 Å². The fourth-order valence-corrected chi connectivity index (χ4v) is 4.41. The largest absolute Gasteiger partial charge is 0.444 e. The van der Waals surface area contributed by atoms with Crippen LogP contribution in [0.15, 0.2) is 36.4 Å². The molecule has 6 nitrogen and oxygen atoms in total. The first kappa shape index (κ1) is 28.0. The van der Waals surface area contributed by atoms with Crippen LogP contribution in [0.1, 0.15) is 49.5 Å². The topological polar surface area (TPSA) is 61.9 Å². The Kier molecular flexibility index (Phi) is 8.41. The van der Waals surface area contributed by atoms with Gasteiger partial charge in [0.1, 0.15) is 11.4 Å². The molecule has 0 aromatic heterocycles. The average molecular weight is 621 g/mol. The summed E-state index contributed by atoms with van der Waals surface area (Å²) in [5, 5.41) is 2.47. The first-order valence-corrected chi connectivity index (χ1v) is 12.4. The zero-order chi connectivity index (χ0) is 26.8. The third kappa shape index (κ3) is 7.01. The Morgan fingerprint density at radius 1 is 1.14 bits per heavy atom. The van der Waals surface area contributed by atoms with Crippen molar-refractivity contribution in [2.45, 2.75) is 51.4 Å². The summed E-state index contributed by atoms with van der Waals surface area (Å²) in [5.74, 6) is -1.63. The molecule has 0 saturated carbocycles. The number of likely N-dealkylation sites (N-methyl/N-ethyl adjacent to an activating group) is 1. The summed E-state index contributed by atoms with van der Waals surface area (Å²) in [4.78, 5) is 28.7. The van der Waals surface area contributed by atoms with Crippen LogP contribution >= 0.6 is 22.6 Å². The van der Waals surface area contributed by atoms with Crippen LogP contribution in [-0.2, 0) is 10.9 Å². The lowest BCUT2D eigenvalue weighted by Gasteiger charge is -2.39.